The number of hydrogen-bond acceptors (Lipinski definition) is 6. The molecule has 0 saturated carbocycles. The van der Waals surface area contributed by atoms with Crippen LogP contribution in [0.25, 0.3) is 0 Å². The Kier molecular flexibility index (Phi) is 1.58. The Labute approximate surface area is 60.1 Å². The van der Waals surface area contributed by atoms with Gasteiger partial charge in [0.25, 0.3) is 0 Å². The lowest BCUT2D eigenvalue weighted by molar-refractivity contribution is -0.825. The number of nitrogens with one attached hydrogen (secondary N) is 1. The first-order valence-corrected chi connectivity index (χ1v) is 2.58. The Morgan fingerprint density at radius 3 is 2.82 bits per heavy atom. The van der Waals surface area contributed by atoms with Crippen LogP contribution in [0.2, 0.25) is 0 Å². The van der Waals surface area contributed by atoms with E-state index in [4.69, 9.17) is 0 Å². The zero-order chi connectivity index (χ0) is 8.43. The van der Waals surface area contributed by atoms with E-state index in [9.17, 15) is 15.3 Å². The number of nitrogens with zero attached hydrogens (tertiary/aromatic N) is 3. The number of aromatic nitrogens is 2. The molecule has 0 aliphatic rings. The molecule has 1 aromatic heterocycles. The molecule has 0 bridgehead atoms. The van der Waals surface area contributed by atoms with Crippen LogP contribution < -0.4 is 10.2 Å². The Balaban J connectivity index is 3.17. The molecule has 0 spiro atoms. The Morgan fingerprint density at radius 1 is 1.82 bits per heavy atom. The second-order valence-corrected chi connectivity index (χ2v) is 1.61. The van der Waals surface area contributed by atoms with Crippen molar-refractivity contribution in [3.05, 3.63) is 15.3 Å². The maximum Gasteiger partial charge on any atom is 0.513 e. The third-order valence-corrected chi connectivity index (χ3v) is 1.00. The fraction of sp³-hybridized carbons (Fsp3) is 0.333. The second-order valence-electron chi connectivity index (χ2n) is 1.61. The van der Waals surface area contributed by atoms with E-state index < -0.39 is 10.7 Å². The van der Waals surface area contributed by atoms with Crippen molar-refractivity contribution in [2.45, 2.75) is 0 Å². The number of anilines is 1. The standard InChI is InChI=1S/C3H4N4O4/c1-4-2-3(6(8)9)7(10)11-5-2/h1H3,(H,4,5). The summed E-state index contributed by atoms with van der Waals surface area (Å²) in [5, 5.41) is 26.0. The highest BCUT2D eigenvalue weighted by molar-refractivity contribution is 5.44. The van der Waals surface area contributed by atoms with Gasteiger partial charge in [0, 0.05) is 12.0 Å². The molecule has 60 valence electrons. The van der Waals surface area contributed by atoms with E-state index in [2.05, 4.69) is 15.1 Å². The van der Waals surface area contributed by atoms with Gasteiger partial charge in [0.05, 0.1) is 4.90 Å². The van der Waals surface area contributed by atoms with Gasteiger partial charge in [0.1, 0.15) is 5.16 Å². The molecule has 0 fully saturated rings. The normalized spacial score (nSPS) is 9.55. The van der Waals surface area contributed by atoms with Crippen LogP contribution in [0.4, 0.5) is 11.6 Å². The molecule has 0 saturated heterocycles. The van der Waals surface area contributed by atoms with E-state index in [0.717, 1.165) is 0 Å². The molecule has 1 aromatic rings. The third kappa shape index (κ3) is 1.04. The molecule has 0 atom stereocenters. The van der Waals surface area contributed by atoms with E-state index >= 15 is 0 Å². The molecule has 8 nitrogen and oxygen atoms in total. The molecule has 0 amide bonds. The van der Waals surface area contributed by atoms with Gasteiger partial charge in [0.15, 0.2) is 0 Å². The summed E-state index contributed by atoms with van der Waals surface area (Å²) >= 11 is 0. The van der Waals surface area contributed by atoms with Crippen molar-refractivity contribution in [1.29, 1.82) is 0 Å². The van der Waals surface area contributed by atoms with Gasteiger partial charge in [-0.25, -0.2) is 0 Å². The van der Waals surface area contributed by atoms with E-state index in [1.165, 1.54) is 7.05 Å². The molecule has 0 radical (unpaired) electrons. The highest BCUT2D eigenvalue weighted by Crippen LogP contribution is 2.14. The maximum absolute atomic E-state index is 10.4. The Morgan fingerprint density at radius 2 is 2.45 bits per heavy atom. The summed E-state index contributed by atoms with van der Waals surface area (Å²) in [6, 6.07) is 0. The number of hydrogen-bond donors (Lipinski definition) is 1. The number of rotatable bonds is 2. The van der Waals surface area contributed by atoms with Gasteiger partial charge in [-0.1, -0.05) is 0 Å². The van der Waals surface area contributed by atoms with Crippen LogP contribution in [0.1, 0.15) is 0 Å². The van der Waals surface area contributed by atoms with Gasteiger partial charge in [-0.15, -0.1) is 0 Å². The minimum atomic E-state index is -0.880. The molecule has 0 aliphatic carbocycles. The number of nitro groups is 1. The first-order chi connectivity index (χ1) is 5.16. The molecule has 1 N–H and O–H groups in total. The van der Waals surface area contributed by atoms with E-state index in [1.807, 2.05) is 0 Å². The smallest absolute Gasteiger partial charge is 0.334 e. The SMILES string of the molecule is CNc1no[n+]([O-])c1[N+](=O)[O-]. The van der Waals surface area contributed by atoms with Crippen LogP contribution in [0.5, 0.6) is 0 Å². The quantitative estimate of drug-likeness (QED) is 0.346. The van der Waals surface area contributed by atoms with Gasteiger partial charge in [-0.05, 0) is 0 Å². The van der Waals surface area contributed by atoms with Gasteiger partial charge in [-0.3, -0.25) is 0 Å². The summed E-state index contributed by atoms with van der Waals surface area (Å²) in [5.41, 5.74) is 0. The summed E-state index contributed by atoms with van der Waals surface area (Å²) in [5.74, 6) is -0.933. The van der Waals surface area contributed by atoms with Crippen molar-refractivity contribution >= 4 is 11.6 Å². The fourth-order valence-corrected chi connectivity index (χ4v) is 0.554. The summed E-state index contributed by atoms with van der Waals surface area (Å²) in [7, 11) is 1.39. The van der Waals surface area contributed by atoms with Crippen LogP contribution in [0.3, 0.4) is 0 Å². The summed E-state index contributed by atoms with van der Waals surface area (Å²) in [4.78, 5) is 8.96. The van der Waals surface area contributed by atoms with Crippen molar-refractivity contribution in [3.63, 3.8) is 0 Å². The van der Waals surface area contributed by atoms with Crippen molar-refractivity contribution < 1.29 is 14.5 Å². The van der Waals surface area contributed by atoms with Crippen molar-refractivity contribution in [1.82, 2.24) is 5.16 Å². The lowest BCUT2D eigenvalue weighted by atomic mass is 10.6. The van der Waals surface area contributed by atoms with Gasteiger partial charge < -0.3 is 20.6 Å². The van der Waals surface area contributed by atoms with Gasteiger partial charge in [0.2, 0.25) is 0 Å². The van der Waals surface area contributed by atoms with Crippen LogP contribution in [0, 0.1) is 15.3 Å². The maximum atomic E-state index is 10.4. The largest absolute Gasteiger partial charge is 0.513 e. The zero-order valence-corrected chi connectivity index (χ0v) is 5.47. The third-order valence-electron chi connectivity index (χ3n) is 1.00. The second kappa shape index (κ2) is 2.40. The van der Waals surface area contributed by atoms with Crippen LogP contribution >= 0.6 is 0 Å². The van der Waals surface area contributed by atoms with Crippen LogP contribution in [-0.2, 0) is 0 Å². The van der Waals surface area contributed by atoms with Crippen molar-refractivity contribution in [3.8, 4) is 0 Å². The van der Waals surface area contributed by atoms with Gasteiger partial charge >= 0.3 is 11.6 Å². The molecule has 8 heteroatoms. The minimum Gasteiger partial charge on any atom is -0.334 e. The molecule has 0 aromatic carbocycles. The lowest BCUT2D eigenvalue weighted by Crippen LogP contribution is -2.26. The molecule has 0 unspecified atom stereocenters. The van der Waals surface area contributed by atoms with Crippen LogP contribution in [0.15, 0.2) is 4.63 Å². The minimum absolute atomic E-state index is 0.190. The van der Waals surface area contributed by atoms with E-state index in [0.29, 0.717) is 0 Å². The average Bonchev–Trinajstić information content (AvgIpc) is 2.30. The van der Waals surface area contributed by atoms with Crippen molar-refractivity contribution in [2.75, 3.05) is 12.4 Å². The van der Waals surface area contributed by atoms with Gasteiger partial charge in [-0.2, -0.15) is 4.63 Å². The fourth-order valence-electron chi connectivity index (χ4n) is 0.554. The Bertz CT molecular complexity index is 281. The first-order valence-electron chi connectivity index (χ1n) is 2.58. The Hall–Kier alpha value is -1.86. The average molecular weight is 160 g/mol. The summed E-state index contributed by atoms with van der Waals surface area (Å²) in [6.07, 6.45) is 0. The van der Waals surface area contributed by atoms with E-state index in [1.54, 1.807) is 0 Å². The van der Waals surface area contributed by atoms with E-state index in [-0.39, 0.29) is 10.7 Å². The van der Waals surface area contributed by atoms with Crippen molar-refractivity contribution in [2.24, 2.45) is 0 Å². The van der Waals surface area contributed by atoms with Crippen LogP contribution in [-0.4, -0.2) is 17.1 Å². The molecule has 1 rings (SSSR count). The molecular weight excluding hydrogens is 156 g/mol. The molecule has 11 heavy (non-hydrogen) atoms. The highest BCUT2D eigenvalue weighted by atomic mass is 16.8. The lowest BCUT2D eigenvalue weighted by Gasteiger charge is -1.86. The predicted molar refractivity (Wildman–Crippen MR) is 31.7 cm³/mol. The topological polar surface area (TPSA) is 108 Å². The zero-order valence-electron chi connectivity index (χ0n) is 5.47. The first kappa shape index (κ1) is 7.25. The predicted octanol–water partition coefficient (Wildman–Crippen LogP) is -0.742. The highest BCUT2D eigenvalue weighted by Gasteiger charge is 2.29. The summed E-state index contributed by atoms with van der Waals surface area (Å²) < 4.78 is 3.95. The monoisotopic (exact) mass is 160 g/mol. The molecular formula is C3H4N4O4. The molecule has 0 aliphatic heterocycles. The molecule has 1 heterocycles. The summed E-state index contributed by atoms with van der Waals surface area (Å²) in [6.45, 7) is 0.